The Morgan fingerprint density at radius 2 is 1.04 bits per heavy atom. The van der Waals surface area contributed by atoms with E-state index in [1.807, 2.05) is 72.9 Å². The van der Waals surface area contributed by atoms with Crippen LogP contribution in [0.4, 0.5) is 0 Å². The molecule has 0 saturated carbocycles. The van der Waals surface area contributed by atoms with Crippen LogP contribution < -0.4 is 0 Å². The number of hydrogen-bond donors (Lipinski definition) is 3. The van der Waals surface area contributed by atoms with Crippen LogP contribution in [0.15, 0.2) is 97.2 Å². The molecule has 0 spiro atoms. The fourth-order valence-electron chi connectivity index (χ4n) is 4.14. The second-order valence-electron chi connectivity index (χ2n) is 11.7. The van der Waals surface area contributed by atoms with E-state index in [0.29, 0.717) is 19.3 Å². The van der Waals surface area contributed by atoms with Crippen LogP contribution in [0.3, 0.4) is 0 Å². The Balaban J connectivity index is 4.54. The molecule has 11 heteroatoms. The predicted molar refractivity (Wildman–Crippen MR) is 205 cm³/mol. The van der Waals surface area contributed by atoms with Crippen molar-refractivity contribution in [3.05, 3.63) is 97.2 Å². The molecule has 0 aromatic heterocycles. The van der Waals surface area contributed by atoms with Crippen LogP contribution >= 0.6 is 7.82 Å². The number of unbranched alkanes of at least 4 members (excludes halogenated alkanes) is 8. The van der Waals surface area contributed by atoms with Crippen molar-refractivity contribution in [3.63, 3.8) is 0 Å². The van der Waals surface area contributed by atoms with Crippen LogP contribution in [-0.4, -0.2) is 65.7 Å². The lowest BCUT2D eigenvalue weighted by Crippen LogP contribution is -2.29. The summed E-state index contributed by atoms with van der Waals surface area (Å²) in [6, 6.07) is 0. The number of ether oxygens (including phenoxy) is 2. The Morgan fingerprint density at radius 1 is 0.588 bits per heavy atom. The number of allylic oxidation sites excluding steroid dienone is 16. The third-order valence-corrected chi connectivity index (χ3v) is 7.87. The van der Waals surface area contributed by atoms with Gasteiger partial charge in [0.1, 0.15) is 12.7 Å². The average molecular weight is 735 g/mol. The van der Waals surface area contributed by atoms with Crippen LogP contribution in [0.1, 0.15) is 104 Å². The minimum Gasteiger partial charge on any atom is -0.462 e. The third-order valence-electron chi connectivity index (χ3n) is 6.92. The van der Waals surface area contributed by atoms with Crippen molar-refractivity contribution in [3.8, 4) is 0 Å². The molecule has 0 fully saturated rings. The zero-order valence-electron chi connectivity index (χ0n) is 30.8. The molecule has 2 unspecified atom stereocenters. The quantitative estimate of drug-likeness (QED) is 0.0265. The lowest BCUT2D eigenvalue weighted by molar-refractivity contribution is -0.161. The van der Waals surface area contributed by atoms with Crippen LogP contribution in [0.25, 0.3) is 0 Å². The molecule has 3 N–H and O–H groups in total. The second kappa shape index (κ2) is 35.3. The van der Waals surface area contributed by atoms with Gasteiger partial charge in [0.15, 0.2) is 6.10 Å². The summed E-state index contributed by atoms with van der Waals surface area (Å²) < 4.78 is 32.4. The van der Waals surface area contributed by atoms with Crippen molar-refractivity contribution < 1.29 is 47.8 Å². The highest BCUT2D eigenvalue weighted by atomic mass is 31.2. The molecule has 51 heavy (non-hydrogen) atoms. The Labute approximate surface area is 306 Å². The highest BCUT2D eigenvalue weighted by Crippen LogP contribution is 2.43. The van der Waals surface area contributed by atoms with Crippen molar-refractivity contribution in [1.82, 2.24) is 0 Å². The topological polar surface area (TPSA) is 149 Å². The van der Waals surface area contributed by atoms with E-state index in [2.05, 4.69) is 42.7 Å². The molecule has 0 saturated heterocycles. The maximum Gasteiger partial charge on any atom is 0.472 e. The summed E-state index contributed by atoms with van der Waals surface area (Å²) in [7, 11) is -4.64. The minimum absolute atomic E-state index is 0.0788. The molecule has 0 rings (SSSR count). The molecule has 0 heterocycles. The molecule has 0 radical (unpaired) electrons. The van der Waals surface area contributed by atoms with Gasteiger partial charge in [0, 0.05) is 12.8 Å². The summed E-state index contributed by atoms with van der Waals surface area (Å²) in [5, 5.41) is 18.3. The molecule has 0 bridgehead atoms. The minimum atomic E-state index is -4.64. The highest BCUT2D eigenvalue weighted by Gasteiger charge is 2.27. The summed E-state index contributed by atoms with van der Waals surface area (Å²) in [5.41, 5.74) is 0. The van der Waals surface area contributed by atoms with E-state index in [-0.39, 0.29) is 19.4 Å². The van der Waals surface area contributed by atoms with E-state index in [0.717, 1.165) is 51.4 Å². The average Bonchev–Trinajstić information content (AvgIpc) is 3.12. The number of rotatable bonds is 32. The standard InChI is InChI=1S/C40H63O10P/c1-3-5-7-9-11-13-15-17-18-20-21-23-25-27-29-31-39(43)47-35-38(36-49-51(45,46)48-34-37(42)33-41)50-40(44)32-30-28-26-24-22-19-16-14-12-10-8-6-4-2/h5-16,19,22,24,26,37-38,41-42H,3-4,17-18,20-21,23,25,27-36H2,1-2H3,(H,45,46)/b7-5+,8-6+,11-9+,12-10+,15-13+,16-14+,22-19+,26-24+/t37-,38?/m0/s1. The van der Waals surface area contributed by atoms with Crippen molar-refractivity contribution >= 4 is 19.8 Å². The van der Waals surface area contributed by atoms with Gasteiger partial charge in [0.2, 0.25) is 0 Å². The zero-order valence-corrected chi connectivity index (χ0v) is 31.7. The number of carbonyl (C=O) groups is 2. The first-order valence-electron chi connectivity index (χ1n) is 18.3. The number of carbonyl (C=O) groups excluding carboxylic acids is 2. The van der Waals surface area contributed by atoms with Gasteiger partial charge in [0.25, 0.3) is 0 Å². The Hall–Kier alpha value is -3.11. The SMILES string of the molecule is CC/C=C/C=C/C=C/C=C/C=C/CCCC(=O)OC(COC(=O)CCCCCCCCC/C=C/C=C/C=C/CC)COP(=O)(O)OC[C@@H](O)CO. The van der Waals surface area contributed by atoms with Crippen molar-refractivity contribution in [1.29, 1.82) is 0 Å². The summed E-state index contributed by atoms with van der Waals surface area (Å²) in [6.07, 6.45) is 41.1. The second-order valence-corrected chi connectivity index (χ2v) is 13.1. The highest BCUT2D eigenvalue weighted by molar-refractivity contribution is 7.47. The number of aliphatic hydroxyl groups is 2. The van der Waals surface area contributed by atoms with E-state index >= 15 is 0 Å². The lowest BCUT2D eigenvalue weighted by atomic mass is 10.1. The fraction of sp³-hybridized carbons (Fsp3) is 0.550. The largest absolute Gasteiger partial charge is 0.472 e. The zero-order chi connectivity index (χ0) is 37.7. The molecule has 0 aromatic rings. The molecule has 10 nitrogen and oxygen atoms in total. The first kappa shape index (κ1) is 47.9. The Bertz CT molecular complexity index is 1170. The van der Waals surface area contributed by atoms with Crippen LogP contribution in [0.2, 0.25) is 0 Å². The summed E-state index contributed by atoms with van der Waals surface area (Å²) in [4.78, 5) is 34.8. The number of phosphoric acid groups is 1. The van der Waals surface area contributed by atoms with Gasteiger partial charge in [-0.1, -0.05) is 143 Å². The van der Waals surface area contributed by atoms with Gasteiger partial charge >= 0.3 is 19.8 Å². The van der Waals surface area contributed by atoms with Gasteiger partial charge in [-0.25, -0.2) is 4.57 Å². The Morgan fingerprint density at radius 3 is 1.59 bits per heavy atom. The van der Waals surface area contributed by atoms with Crippen LogP contribution in [-0.2, 0) is 32.7 Å². The molecular formula is C40H63O10P. The summed E-state index contributed by atoms with van der Waals surface area (Å²) >= 11 is 0. The normalized spacial score (nSPS) is 15.2. The maximum absolute atomic E-state index is 12.5. The molecule has 0 amide bonds. The number of aliphatic hydroxyl groups excluding tert-OH is 2. The molecular weight excluding hydrogens is 671 g/mol. The predicted octanol–water partition coefficient (Wildman–Crippen LogP) is 8.88. The lowest BCUT2D eigenvalue weighted by Gasteiger charge is -2.20. The molecule has 288 valence electrons. The Kier molecular flexibility index (Phi) is 33.1. The van der Waals surface area contributed by atoms with E-state index < -0.39 is 51.8 Å². The molecule has 0 aliphatic heterocycles. The van der Waals surface area contributed by atoms with E-state index in [1.54, 1.807) is 0 Å². The number of phosphoric ester groups is 1. The summed E-state index contributed by atoms with van der Waals surface area (Å²) in [5.74, 6) is -1.04. The fourth-order valence-corrected chi connectivity index (χ4v) is 4.93. The maximum atomic E-state index is 12.5. The smallest absolute Gasteiger partial charge is 0.462 e. The van der Waals surface area contributed by atoms with Gasteiger partial charge in [-0.15, -0.1) is 0 Å². The molecule has 0 aliphatic rings. The van der Waals surface area contributed by atoms with Gasteiger partial charge in [-0.05, 0) is 44.9 Å². The molecule has 0 aliphatic carbocycles. The molecule has 0 aromatic carbocycles. The third kappa shape index (κ3) is 35.1. The van der Waals surface area contributed by atoms with Crippen molar-refractivity contribution in [2.45, 2.75) is 116 Å². The van der Waals surface area contributed by atoms with Crippen LogP contribution in [0.5, 0.6) is 0 Å². The first-order valence-corrected chi connectivity index (χ1v) is 19.8. The van der Waals surface area contributed by atoms with Gasteiger partial charge in [-0.3, -0.25) is 18.6 Å². The monoisotopic (exact) mass is 734 g/mol. The number of hydrogen-bond acceptors (Lipinski definition) is 9. The number of esters is 2. The van der Waals surface area contributed by atoms with E-state index in [4.69, 9.17) is 19.1 Å². The summed E-state index contributed by atoms with van der Waals surface area (Å²) in [6.45, 7) is 1.95. The van der Waals surface area contributed by atoms with Crippen molar-refractivity contribution in [2.24, 2.45) is 0 Å². The van der Waals surface area contributed by atoms with Crippen LogP contribution in [0, 0.1) is 0 Å². The van der Waals surface area contributed by atoms with Gasteiger partial charge < -0.3 is 24.6 Å². The van der Waals surface area contributed by atoms with Crippen molar-refractivity contribution in [2.75, 3.05) is 26.4 Å². The van der Waals surface area contributed by atoms with E-state index in [9.17, 15) is 24.2 Å². The molecule has 3 atom stereocenters. The van der Waals surface area contributed by atoms with Gasteiger partial charge in [-0.2, -0.15) is 0 Å². The van der Waals surface area contributed by atoms with Gasteiger partial charge in [0.05, 0.1) is 19.8 Å². The van der Waals surface area contributed by atoms with E-state index in [1.165, 1.54) is 6.42 Å². The first-order chi connectivity index (χ1) is 24.7.